The summed E-state index contributed by atoms with van der Waals surface area (Å²) in [5, 5.41) is 16.6. The van der Waals surface area contributed by atoms with Crippen molar-refractivity contribution in [2.75, 3.05) is 40.5 Å². The summed E-state index contributed by atoms with van der Waals surface area (Å²) in [4.78, 5) is 61.8. The minimum atomic E-state index is -1.15. The van der Waals surface area contributed by atoms with Gasteiger partial charge in [0.15, 0.2) is 0 Å². The molecule has 4 aromatic rings. The van der Waals surface area contributed by atoms with Crippen LogP contribution in [0.2, 0.25) is 0 Å². The number of cyclic esters (lactones) is 1. The first kappa shape index (κ1) is 44.5. The Kier molecular flexibility index (Phi) is 13.5. The van der Waals surface area contributed by atoms with Gasteiger partial charge in [-0.25, -0.2) is 10.2 Å². The molecule has 3 amide bonds. The Bertz CT molecular complexity index is 2300. The maximum Gasteiger partial charge on any atom is 0.410 e. The van der Waals surface area contributed by atoms with E-state index in [0.717, 1.165) is 44.4 Å². The third-order valence-corrected chi connectivity index (χ3v) is 12.1. The Morgan fingerprint density at radius 2 is 1.92 bits per heavy atom. The van der Waals surface area contributed by atoms with Crippen LogP contribution in [-0.2, 0) is 59.3 Å². The highest BCUT2D eigenvalue weighted by atomic mass is 16.6. The molecule has 6 bridgehead atoms. The molecule has 4 atom stereocenters. The second kappa shape index (κ2) is 18.9. The summed E-state index contributed by atoms with van der Waals surface area (Å²) in [5.74, 6) is -1.85. The molecular weight excluding hydrogens is 793 g/mol. The number of ether oxygens (including phenoxy) is 4. The van der Waals surface area contributed by atoms with Crippen LogP contribution in [0.1, 0.15) is 70.6 Å². The van der Waals surface area contributed by atoms with Gasteiger partial charge in [0.1, 0.15) is 30.0 Å². The number of amides is 3. The summed E-state index contributed by atoms with van der Waals surface area (Å²) in [6.45, 7) is 12.1. The van der Waals surface area contributed by atoms with E-state index < -0.39 is 53.5 Å². The van der Waals surface area contributed by atoms with Crippen molar-refractivity contribution in [3.05, 3.63) is 71.5 Å². The van der Waals surface area contributed by atoms with E-state index in [4.69, 9.17) is 18.9 Å². The Labute approximate surface area is 363 Å². The van der Waals surface area contributed by atoms with E-state index in [9.17, 15) is 24.3 Å². The molecule has 2 aromatic heterocycles. The van der Waals surface area contributed by atoms with E-state index in [1.165, 1.54) is 17.0 Å². The standard InChI is InChI=1S/C47H60N6O9/c1-8-52-40-12-11-30-22-35(40)36(42(52)37-24-48-15-13-31(37)25-59-7)23-47(4,5)27-61-45(57)38-10-9-16-53(50-38)44(56)39(20-29-18-32(30)21-33(54)19-29)49-43(55)41(28(2)3)51(6)46(58)62-34-14-17-60-26-34/h11-13,15,18-19,21-22,24,28,34,38-39,41,50,54H,8-10,14,16-17,20,23,25-27H2,1-7H3,(H,49,55)/t34-,38-,39-,41-/m0/s1. The Morgan fingerprint density at radius 3 is 2.65 bits per heavy atom. The van der Waals surface area contributed by atoms with Gasteiger partial charge in [0.2, 0.25) is 5.91 Å². The number of phenolic OH excluding ortho intramolecular Hbond substituents is 1. The van der Waals surface area contributed by atoms with Gasteiger partial charge in [0.25, 0.3) is 5.91 Å². The predicted molar refractivity (Wildman–Crippen MR) is 233 cm³/mol. The summed E-state index contributed by atoms with van der Waals surface area (Å²) in [6.07, 6.45) is 4.66. The van der Waals surface area contributed by atoms with Gasteiger partial charge in [-0.2, -0.15) is 0 Å². The molecule has 15 heteroatoms. The number of hydrazine groups is 1. The van der Waals surface area contributed by atoms with Crippen LogP contribution in [0.15, 0.2) is 54.9 Å². The van der Waals surface area contributed by atoms with Crippen molar-refractivity contribution in [2.45, 2.75) is 104 Å². The molecule has 7 rings (SSSR count). The number of phenols is 1. The quantitative estimate of drug-likeness (QED) is 0.175. The number of hydrogen-bond donors (Lipinski definition) is 3. The van der Waals surface area contributed by atoms with Crippen molar-refractivity contribution in [3.63, 3.8) is 0 Å². The molecule has 62 heavy (non-hydrogen) atoms. The van der Waals surface area contributed by atoms with Crippen LogP contribution in [0.4, 0.5) is 4.79 Å². The SMILES string of the molecule is CCn1c(-c2cnccc2COC)c2c3cc(ccc31)-c1cc(O)cc(c1)C[C@H](NC(=O)[C@H](C(C)C)N(C)C(=O)O[C@H]1CCOC1)C(=O)N1CCC[C@H](N1)C(=O)OCC(C)(C)C2. The average Bonchev–Trinajstić information content (AvgIpc) is 3.87. The van der Waals surface area contributed by atoms with Gasteiger partial charge in [-0.05, 0) is 90.3 Å². The molecule has 332 valence electrons. The molecule has 0 aliphatic carbocycles. The average molecular weight is 853 g/mol. The molecule has 15 nitrogen and oxygen atoms in total. The summed E-state index contributed by atoms with van der Waals surface area (Å²) < 4.78 is 25.0. The lowest BCUT2D eigenvalue weighted by Gasteiger charge is -2.36. The van der Waals surface area contributed by atoms with Crippen LogP contribution < -0.4 is 10.7 Å². The summed E-state index contributed by atoms with van der Waals surface area (Å²) in [7, 11) is 3.18. The second-order valence-electron chi connectivity index (χ2n) is 17.9. The molecule has 0 radical (unpaired) electrons. The van der Waals surface area contributed by atoms with E-state index in [0.29, 0.717) is 57.6 Å². The lowest BCUT2D eigenvalue weighted by atomic mass is 9.84. The number of aryl methyl sites for hydroxylation is 1. The summed E-state index contributed by atoms with van der Waals surface area (Å²) >= 11 is 0. The van der Waals surface area contributed by atoms with E-state index in [-0.39, 0.29) is 31.2 Å². The van der Waals surface area contributed by atoms with Crippen molar-refractivity contribution in [1.29, 1.82) is 0 Å². The van der Waals surface area contributed by atoms with Crippen molar-refractivity contribution < 1.29 is 43.2 Å². The smallest absolute Gasteiger partial charge is 0.410 e. The number of hydrogen-bond acceptors (Lipinski definition) is 11. The van der Waals surface area contributed by atoms with Crippen molar-refractivity contribution in [3.8, 4) is 28.1 Å². The van der Waals surface area contributed by atoms with Gasteiger partial charge in [-0.1, -0.05) is 39.8 Å². The fourth-order valence-electron chi connectivity index (χ4n) is 9.06. The van der Waals surface area contributed by atoms with Crippen LogP contribution in [0, 0.1) is 11.3 Å². The van der Waals surface area contributed by atoms with Crippen molar-refractivity contribution in [1.82, 2.24) is 30.2 Å². The molecule has 2 fully saturated rings. The summed E-state index contributed by atoms with van der Waals surface area (Å²) in [5.41, 5.74) is 9.77. The van der Waals surface area contributed by atoms with Crippen LogP contribution in [-0.4, -0.2) is 113 Å². The monoisotopic (exact) mass is 852 g/mol. The van der Waals surface area contributed by atoms with Crippen LogP contribution in [0.3, 0.4) is 0 Å². The number of carbonyl (C=O) groups is 4. The number of carbonyl (C=O) groups excluding carboxylic acids is 4. The molecule has 0 spiro atoms. The fourth-order valence-corrected chi connectivity index (χ4v) is 9.06. The van der Waals surface area contributed by atoms with Gasteiger partial charge in [-0.15, -0.1) is 0 Å². The lowest BCUT2D eigenvalue weighted by molar-refractivity contribution is -0.155. The molecule has 0 unspecified atom stereocenters. The third kappa shape index (κ3) is 9.59. The number of nitrogens with one attached hydrogen (secondary N) is 2. The first-order valence-electron chi connectivity index (χ1n) is 21.6. The van der Waals surface area contributed by atoms with Gasteiger partial charge in [-0.3, -0.25) is 29.3 Å². The molecule has 5 heterocycles. The van der Waals surface area contributed by atoms with E-state index in [1.54, 1.807) is 25.4 Å². The number of aromatic nitrogens is 2. The Morgan fingerprint density at radius 1 is 1.11 bits per heavy atom. The number of fused-ring (bicyclic) bond motifs is 6. The number of pyridine rings is 1. The zero-order valence-corrected chi connectivity index (χ0v) is 36.9. The summed E-state index contributed by atoms with van der Waals surface area (Å²) in [6, 6.07) is 10.5. The largest absolute Gasteiger partial charge is 0.508 e. The van der Waals surface area contributed by atoms with Gasteiger partial charge in [0, 0.05) is 74.4 Å². The van der Waals surface area contributed by atoms with Gasteiger partial charge in [0.05, 0.1) is 32.1 Å². The van der Waals surface area contributed by atoms with Crippen LogP contribution in [0.25, 0.3) is 33.3 Å². The topological polar surface area (TPSA) is 174 Å². The van der Waals surface area contributed by atoms with Crippen molar-refractivity contribution in [2.24, 2.45) is 11.3 Å². The molecule has 3 N–H and O–H groups in total. The molecule has 3 aliphatic heterocycles. The highest BCUT2D eigenvalue weighted by molar-refractivity contribution is 5.96. The van der Waals surface area contributed by atoms with Crippen molar-refractivity contribution >= 4 is 34.8 Å². The molecule has 3 aliphatic rings. The maximum atomic E-state index is 14.6. The minimum Gasteiger partial charge on any atom is -0.508 e. The number of rotatable bonds is 9. The number of esters is 1. The van der Waals surface area contributed by atoms with E-state index in [2.05, 4.69) is 53.2 Å². The predicted octanol–water partition coefficient (Wildman–Crippen LogP) is 5.77. The zero-order valence-electron chi connectivity index (χ0n) is 36.9. The third-order valence-electron chi connectivity index (χ3n) is 12.1. The molecular formula is C47H60N6O9. The van der Waals surface area contributed by atoms with Crippen LogP contribution in [0.5, 0.6) is 5.75 Å². The lowest BCUT2D eigenvalue weighted by Crippen LogP contribution is -2.62. The molecule has 2 aromatic carbocycles. The highest BCUT2D eigenvalue weighted by Gasteiger charge is 2.38. The second-order valence-corrected chi connectivity index (χ2v) is 17.9. The number of aromatic hydroxyl groups is 1. The van der Waals surface area contributed by atoms with Gasteiger partial charge >= 0.3 is 12.1 Å². The normalized spacial score (nSPS) is 21.0. The molecule has 0 saturated carbocycles. The fraction of sp³-hybridized carbons (Fsp3) is 0.511. The minimum absolute atomic E-state index is 0.00101. The number of benzene rings is 2. The maximum absolute atomic E-state index is 14.6. The zero-order chi connectivity index (χ0) is 44.3. The number of methoxy groups -OCH3 is 1. The van der Waals surface area contributed by atoms with E-state index in [1.807, 2.05) is 38.2 Å². The Balaban J connectivity index is 1.32. The van der Waals surface area contributed by atoms with Crippen LogP contribution >= 0.6 is 0 Å². The number of likely N-dealkylation sites (N-methyl/N-ethyl adjacent to an activating group) is 1. The highest BCUT2D eigenvalue weighted by Crippen LogP contribution is 2.41. The number of nitrogens with zero attached hydrogens (tertiary/aromatic N) is 4. The first-order chi connectivity index (χ1) is 29.7. The molecule has 2 saturated heterocycles. The Hall–Kier alpha value is -5.51. The van der Waals surface area contributed by atoms with Gasteiger partial charge < -0.3 is 33.9 Å². The first-order valence-corrected chi connectivity index (χ1v) is 21.6. The van der Waals surface area contributed by atoms with E-state index >= 15 is 0 Å².